The molecule has 2 N–H and O–H groups in total. The maximum atomic E-state index is 14.4. The van der Waals surface area contributed by atoms with Crippen LogP contribution in [0.5, 0.6) is 0 Å². The van der Waals surface area contributed by atoms with Crippen LogP contribution in [0.15, 0.2) is 55.6 Å². The highest BCUT2D eigenvalue weighted by atomic mass is 16.6. The number of aliphatic hydroxyl groups is 1. The SMILES string of the molecule is C=CCCC(=O)N[C@H](COC)[C@H](OC(=O)[C@@H]1[C@H]2C(=O)N(CCCCO)[C@H](C(=O)N(CC=C)CCCCC)[C@]23CC[C@H]1O3)c1ccccc1. The molecule has 264 valence electrons. The van der Waals surface area contributed by atoms with E-state index >= 15 is 0 Å². The van der Waals surface area contributed by atoms with E-state index in [1.54, 1.807) is 22.0 Å². The van der Waals surface area contributed by atoms with E-state index in [0.29, 0.717) is 50.8 Å². The van der Waals surface area contributed by atoms with E-state index in [2.05, 4.69) is 25.4 Å². The molecular formula is C37H53N3O8. The zero-order valence-corrected chi connectivity index (χ0v) is 28.5. The number of ether oxygens (including phenoxy) is 3. The summed E-state index contributed by atoms with van der Waals surface area (Å²) < 4.78 is 18.4. The fraction of sp³-hybridized carbons (Fsp3) is 0.622. The highest BCUT2D eigenvalue weighted by molar-refractivity contribution is 5.98. The van der Waals surface area contributed by atoms with Crippen molar-refractivity contribution in [2.24, 2.45) is 11.8 Å². The van der Waals surface area contributed by atoms with Gasteiger partial charge in [0.05, 0.1) is 30.6 Å². The van der Waals surface area contributed by atoms with Gasteiger partial charge < -0.3 is 34.4 Å². The molecule has 0 unspecified atom stereocenters. The van der Waals surface area contributed by atoms with E-state index in [1.807, 2.05) is 30.3 Å². The lowest BCUT2D eigenvalue weighted by atomic mass is 9.70. The molecule has 2 bridgehead atoms. The first-order chi connectivity index (χ1) is 23.3. The lowest BCUT2D eigenvalue weighted by Gasteiger charge is -2.37. The second-order valence-corrected chi connectivity index (χ2v) is 13.0. The standard InChI is InChI=1S/C37H53N3O8/c1-5-8-13-22-39(21-7-3)35(44)33-37-20-19-28(48-37)30(31(37)34(43)40(33)23-14-15-24-41)36(45)47-32(26-16-11-10-12-17-26)27(25-46-4)38-29(42)18-9-6-2/h6-7,10-12,16-17,27-28,30-33,41H,2-3,5,8-9,13-15,18-25H2,1,4H3,(H,38,42)/t27-,28-,30+,31+,32-,33-,37+/m1/s1. The number of aliphatic hydroxyl groups excluding tert-OH is 1. The number of nitrogens with zero attached hydrogens (tertiary/aromatic N) is 2. The molecule has 3 saturated heterocycles. The van der Waals surface area contributed by atoms with Crippen LogP contribution in [0, 0.1) is 11.8 Å². The number of benzene rings is 1. The van der Waals surface area contributed by atoms with Gasteiger partial charge in [-0.2, -0.15) is 0 Å². The van der Waals surface area contributed by atoms with E-state index < -0.39 is 47.7 Å². The summed E-state index contributed by atoms with van der Waals surface area (Å²) in [6, 6.07) is 7.54. The molecule has 4 rings (SSSR count). The second-order valence-electron chi connectivity index (χ2n) is 13.0. The normalized spacial score (nSPS) is 25.3. The fourth-order valence-electron chi connectivity index (χ4n) is 7.63. The van der Waals surface area contributed by atoms with Crippen molar-refractivity contribution in [3.63, 3.8) is 0 Å². The third-order valence-electron chi connectivity index (χ3n) is 9.81. The van der Waals surface area contributed by atoms with Gasteiger partial charge in [-0.05, 0) is 44.1 Å². The maximum absolute atomic E-state index is 14.4. The maximum Gasteiger partial charge on any atom is 0.313 e. The lowest BCUT2D eigenvalue weighted by molar-refractivity contribution is -0.163. The molecule has 11 nitrogen and oxygen atoms in total. The van der Waals surface area contributed by atoms with Gasteiger partial charge in [0.15, 0.2) is 0 Å². The minimum atomic E-state index is -1.17. The van der Waals surface area contributed by atoms with Gasteiger partial charge in [0.2, 0.25) is 17.7 Å². The third-order valence-corrected chi connectivity index (χ3v) is 9.81. The van der Waals surface area contributed by atoms with E-state index in [1.165, 1.54) is 7.11 Å². The van der Waals surface area contributed by atoms with E-state index in [9.17, 15) is 24.3 Å². The molecular weight excluding hydrogens is 614 g/mol. The summed E-state index contributed by atoms with van der Waals surface area (Å²) >= 11 is 0. The van der Waals surface area contributed by atoms with Gasteiger partial charge in [-0.25, -0.2) is 0 Å². The first-order valence-electron chi connectivity index (χ1n) is 17.4. The van der Waals surface area contributed by atoms with Gasteiger partial charge in [-0.1, -0.05) is 62.2 Å². The molecule has 3 aliphatic heterocycles. The van der Waals surface area contributed by atoms with E-state index in [4.69, 9.17) is 14.2 Å². The number of hydrogen-bond acceptors (Lipinski definition) is 8. The molecule has 48 heavy (non-hydrogen) atoms. The minimum Gasteiger partial charge on any atom is -0.455 e. The number of rotatable bonds is 21. The monoisotopic (exact) mass is 667 g/mol. The number of fused-ring (bicyclic) bond motifs is 1. The third kappa shape index (κ3) is 8.01. The predicted octanol–water partition coefficient (Wildman–Crippen LogP) is 3.72. The molecule has 3 fully saturated rings. The summed E-state index contributed by atoms with van der Waals surface area (Å²) in [7, 11) is 1.51. The largest absolute Gasteiger partial charge is 0.455 e. The Labute approximate surface area is 284 Å². The number of methoxy groups -OCH3 is 1. The Balaban J connectivity index is 1.66. The molecule has 3 amide bonds. The molecule has 11 heteroatoms. The Bertz CT molecular complexity index is 1270. The van der Waals surface area contributed by atoms with Crippen LogP contribution in [-0.4, -0.2) is 102 Å². The van der Waals surface area contributed by atoms with Gasteiger partial charge in [-0.15, -0.1) is 13.2 Å². The summed E-state index contributed by atoms with van der Waals surface area (Å²) in [6.07, 6.45) is 7.31. The van der Waals surface area contributed by atoms with Crippen molar-refractivity contribution in [3.8, 4) is 0 Å². The summed E-state index contributed by atoms with van der Waals surface area (Å²) in [5, 5.41) is 12.4. The molecule has 1 aromatic rings. The van der Waals surface area contributed by atoms with Gasteiger partial charge in [0.25, 0.3) is 0 Å². The highest BCUT2D eigenvalue weighted by Crippen LogP contribution is 2.59. The van der Waals surface area contributed by atoms with Gasteiger partial charge in [0.1, 0.15) is 17.7 Å². The van der Waals surface area contributed by atoms with Crippen molar-refractivity contribution in [1.29, 1.82) is 0 Å². The Morgan fingerprint density at radius 1 is 1.17 bits per heavy atom. The Morgan fingerprint density at radius 3 is 2.60 bits per heavy atom. The number of esters is 1. The summed E-state index contributed by atoms with van der Waals surface area (Å²) in [6.45, 7) is 10.8. The smallest absolute Gasteiger partial charge is 0.313 e. The average molecular weight is 668 g/mol. The highest BCUT2D eigenvalue weighted by Gasteiger charge is 2.75. The molecule has 7 atom stereocenters. The van der Waals surface area contributed by atoms with Gasteiger partial charge >= 0.3 is 5.97 Å². The minimum absolute atomic E-state index is 0.0318. The lowest BCUT2D eigenvalue weighted by Crippen LogP contribution is -2.56. The Kier molecular flexibility index (Phi) is 13.8. The molecule has 3 aliphatic rings. The van der Waals surface area contributed by atoms with E-state index in [-0.39, 0.29) is 43.9 Å². The number of carbonyl (C=O) groups excluding carboxylic acids is 4. The van der Waals surface area contributed by atoms with Crippen molar-refractivity contribution < 1.29 is 38.5 Å². The quantitative estimate of drug-likeness (QED) is 0.115. The molecule has 0 aromatic heterocycles. The number of nitrogens with one attached hydrogen (secondary N) is 1. The van der Waals surface area contributed by atoms with Crippen molar-refractivity contribution in [2.45, 2.75) is 94.6 Å². The molecule has 0 saturated carbocycles. The van der Waals surface area contributed by atoms with Gasteiger partial charge in [0, 0.05) is 39.8 Å². The van der Waals surface area contributed by atoms with Crippen molar-refractivity contribution in [3.05, 3.63) is 61.2 Å². The summed E-state index contributed by atoms with van der Waals surface area (Å²) in [5.74, 6) is -3.17. The van der Waals surface area contributed by atoms with Crippen LogP contribution in [0.4, 0.5) is 0 Å². The van der Waals surface area contributed by atoms with Crippen molar-refractivity contribution >= 4 is 23.7 Å². The second kappa shape index (κ2) is 17.7. The topological polar surface area (TPSA) is 135 Å². The summed E-state index contributed by atoms with van der Waals surface area (Å²) in [5.41, 5.74) is -0.502. The average Bonchev–Trinajstić information content (AvgIpc) is 3.73. The first kappa shape index (κ1) is 37.3. The molecule has 1 aromatic carbocycles. The molecule has 3 heterocycles. The predicted molar refractivity (Wildman–Crippen MR) is 180 cm³/mol. The number of allylic oxidation sites excluding steroid dienone is 1. The van der Waals surface area contributed by atoms with Crippen LogP contribution in [-0.2, 0) is 33.4 Å². The zero-order chi connectivity index (χ0) is 34.7. The number of amides is 3. The zero-order valence-electron chi connectivity index (χ0n) is 28.5. The molecule has 0 radical (unpaired) electrons. The van der Waals surface area contributed by atoms with E-state index in [0.717, 1.165) is 19.3 Å². The molecule has 0 aliphatic carbocycles. The van der Waals surface area contributed by atoms with Gasteiger partial charge in [-0.3, -0.25) is 19.2 Å². The first-order valence-corrected chi connectivity index (χ1v) is 17.4. The van der Waals surface area contributed by atoms with Crippen LogP contribution in [0.1, 0.15) is 76.4 Å². The van der Waals surface area contributed by atoms with Crippen molar-refractivity contribution in [2.75, 3.05) is 40.0 Å². The van der Waals surface area contributed by atoms with Crippen LogP contribution in [0.25, 0.3) is 0 Å². The van der Waals surface area contributed by atoms with Crippen LogP contribution >= 0.6 is 0 Å². The molecule has 1 spiro atoms. The van der Waals surface area contributed by atoms with Crippen LogP contribution in [0.2, 0.25) is 0 Å². The fourth-order valence-corrected chi connectivity index (χ4v) is 7.63. The van der Waals surface area contributed by atoms with Crippen LogP contribution in [0.3, 0.4) is 0 Å². The summed E-state index contributed by atoms with van der Waals surface area (Å²) in [4.78, 5) is 59.3. The van der Waals surface area contributed by atoms with Crippen LogP contribution < -0.4 is 5.32 Å². The Hall–Kier alpha value is -3.54. The number of unbranched alkanes of at least 4 members (excludes halogenated alkanes) is 3. The number of likely N-dealkylation sites (tertiary alicyclic amines) is 1. The Morgan fingerprint density at radius 2 is 1.94 bits per heavy atom. The van der Waals surface area contributed by atoms with Crippen molar-refractivity contribution in [1.82, 2.24) is 15.1 Å². The number of hydrogen-bond donors (Lipinski definition) is 2. The number of carbonyl (C=O) groups is 4.